The molecular weight excluding hydrogens is 406 g/mol. The molecule has 30 heavy (non-hydrogen) atoms. The lowest BCUT2D eigenvalue weighted by Crippen LogP contribution is -2.51. The van der Waals surface area contributed by atoms with Crippen LogP contribution in [0.25, 0.3) is 0 Å². The number of benzene rings is 2. The van der Waals surface area contributed by atoms with E-state index < -0.39 is 10.0 Å². The maximum atomic E-state index is 13.2. The molecule has 1 aliphatic rings. The molecule has 0 bridgehead atoms. The van der Waals surface area contributed by atoms with Gasteiger partial charge >= 0.3 is 0 Å². The Kier molecular flexibility index (Phi) is 6.96. The van der Waals surface area contributed by atoms with Crippen molar-refractivity contribution in [1.82, 2.24) is 9.21 Å². The van der Waals surface area contributed by atoms with Crippen molar-refractivity contribution in [2.75, 3.05) is 58.9 Å². The Morgan fingerprint density at radius 1 is 1.00 bits per heavy atom. The summed E-state index contributed by atoms with van der Waals surface area (Å²) in [6.07, 6.45) is 0. The van der Waals surface area contributed by atoms with Gasteiger partial charge in [0.05, 0.1) is 20.8 Å². The average Bonchev–Trinajstić information content (AvgIpc) is 2.79. The molecule has 0 radical (unpaired) electrons. The highest BCUT2D eigenvalue weighted by Crippen LogP contribution is 2.31. The number of sulfonamides is 1. The van der Waals surface area contributed by atoms with Crippen molar-refractivity contribution < 1.29 is 22.7 Å². The molecule has 0 saturated carbocycles. The van der Waals surface area contributed by atoms with E-state index in [0.29, 0.717) is 31.9 Å². The normalized spacial score (nSPS) is 15.6. The van der Waals surface area contributed by atoms with E-state index in [1.807, 2.05) is 35.2 Å². The van der Waals surface area contributed by atoms with Crippen LogP contribution in [0, 0.1) is 0 Å². The van der Waals surface area contributed by atoms with Crippen LogP contribution in [0.1, 0.15) is 0 Å². The van der Waals surface area contributed by atoms with Gasteiger partial charge in [-0.05, 0) is 24.3 Å². The first-order chi connectivity index (χ1) is 14.4. The van der Waals surface area contributed by atoms with Crippen LogP contribution in [0.4, 0.5) is 5.69 Å². The molecule has 1 heterocycles. The molecule has 3 rings (SSSR count). The topological polar surface area (TPSA) is 79.4 Å². The van der Waals surface area contributed by atoms with E-state index in [1.54, 1.807) is 24.1 Å². The summed E-state index contributed by atoms with van der Waals surface area (Å²) in [5.41, 5.74) is 0.828. The fourth-order valence-corrected chi connectivity index (χ4v) is 4.94. The van der Waals surface area contributed by atoms with Crippen LogP contribution < -0.4 is 14.4 Å². The molecule has 0 atom stereocenters. The van der Waals surface area contributed by atoms with E-state index in [1.165, 1.54) is 24.6 Å². The number of hydrogen-bond acceptors (Lipinski definition) is 6. The number of amides is 1. The van der Waals surface area contributed by atoms with Crippen molar-refractivity contribution in [3.05, 3.63) is 48.5 Å². The minimum Gasteiger partial charge on any atom is -0.497 e. The predicted molar refractivity (Wildman–Crippen MR) is 115 cm³/mol. The first kappa shape index (κ1) is 22.1. The molecule has 0 aromatic heterocycles. The van der Waals surface area contributed by atoms with Crippen LogP contribution in [-0.4, -0.2) is 77.5 Å². The van der Waals surface area contributed by atoms with Crippen molar-refractivity contribution in [1.29, 1.82) is 0 Å². The SMILES string of the molecule is COc1ccc(OC)c(S(=O)(=O)N2CCN(CC(=O)N(C)c3ccccc3)CC2)c1. The number of nitrogens with zero attached hydrogens (tertiary/aromatic N) is 3. The standard InChI is InChI=1S/C21H27N3O5S/c1-22(17-7-5-4-6-8-17)21(25)16-23-11-13-24(14-12-23)30(26,27)20-15-18(28-2)9-10-19(20)29-3/h4-10,15H,11-14,16H2,1-3H3. The van der Waals surface area contributed by atoms with E-state index in [0.717, 1.165) is 5.69 Å². The summed E-state index contributed by atoms with van der Waals surface area (Å²) in [4.78, 5) is 16.3. The third-order valence-corrected chi connectivity index (χ3v) is 7.12. The molecule has 1 amide bonds. The van der Waals surface area contributed by atoms with Gasteiger partial charge in [-0.3, -0.25) is 9.69 Å². The number of rotatable bonds is 7. The number of anilines is 1. The molecule has 0 spiro atoms. The molecule has 2 aromatic rings. The number of carbonyl (C=O) groups is 1. The first-order valence-corrected chi connectivity index (χ1v) is 11.1. The van der Waals surface area contributed by atoms with E-state index in [9.17, 15) is 13.2 Å². The minimum atomic E-state index is -3.74. The van der Waals surface area contributed by atoms with Crippen LogP contribution >= 0.6 is 0 Å². The molecule has 0 aliphatic carbocycles. The third-order valence-electron chi connectivity index (χ3n) is 5.20. The second kappa shape index (κ2) is 9.46. The summed E-state index contributed by atoms with van der Waals surface area (Å²) in [6, 6.07) is 14.1. The van der Waals surface area contributed by atoms with Gasteiger partial charge in [0.15, 0.2) is 0 Å². The molecule has 162 valence electrons. The van der Waals surface area contributed by atoms with Crippen LogP contribution in [0.5, 0.6) is 11.5 Å². The van der Waals surface area contributed by atoms with Gasteiger partial charge in [0.25, 0.3) is 0 Å². The maximum absolute atomic E-state index is 13.2. The van der Waals surface area contributed by atoms with E-state index in [4.69, 9.17) is 9.47 Å². The number of carbonyl (C=O) groups excluding carboxylic acids is 1. The fourth-order valence-electron chi connectivity index (χ4n) is 3.35. The molecule has 2 aromatic carbocycles. The van der Waals surface area contributed by atoms with Gasteiger partial charge in [-0.15, -0.1) is 0 Å². The predicted octanol–water partition coefficient (Wildman–Crippen LogP) is 1.67. The summed E-state index contributed by atoms with van der Waals surface area (Å²) in [7, 11) is 0.926. The number of para-hydroxylation sites is 1. The second-order valence-corrected chi connectivity index (χ2v) is 8.89. The molecular formula is C21H27N3O5S. The Morgan fingerprint density at radius 2 is 1.67 bits per heavy atom. The zero-order valence-corrected chi connectivity index (χ0v) is 18.3. The Labute approximate surface area is 177 Å². The Hall–Kier alpha value is -2.62. The zero-order chi connectivity index (χ0) is 21.7. The monoisotopic (exact) mass is 433 g/mol. The number of ether oxygens (including phenoxy) is 2. The number of piperazine rings is 1. The molecule has 0 unspecified atom stereocenters. The van der Waals surface area contributed by atoms with Crippen molar-refractivity contribution in [2.24, 2.45) is 0 Å². The van der Waals surface area contributed by atoms with E-state index >= 15 is 0 Å². The number of hydrogen-bond donors (Lipinski definition) is 0. The number of likely N-dealkylation sites (N-methyl/N-ethyl adjacent to an activating group) is 1. The Morgan fingerprint density at radius 3 is 2.27 bits per heavy atom. The van der Waals surface area contributed by atoms with Gasteiger partial charge in [0.1, 0.15) is 16.4 Å². The summed E-state index contributed by atoms with van der Waals surface area (Å²) in [5.74, 6) is 0.687. The van der Waals surface area contributed by atoms with Gasteiger partial charge in [-0.2, -0.15) is 4.31 Å². The number of methoxy groups -OCH3 is 2. The molecule has 0 N–H and O–H groups in total. The summed E-state index contributed by atoms with van der Waals surface area (Å²) < 4.78 is 38.1. The molecule has 9 heteroatoms. The van der Waals surface area contributed by atoms with Gasteiger partial charge < -0.3 is 14.4 Å². The molecule has 1 aliphatic heterocycles. The molecule has 1 fully saturated rings. The fraction of sp³-hybridized carbons (Fsp3) is 0.381. The highest BCUT2D eigenvalue weighted by atomic mass is 32.2. The van der Waals surface area contributed by atoms with Gasteiger partial charge in [0.2, 0.25) is 15.9 Å². The van der Waals surface area contributed by atoms with Crippen molar-refractivity contribution >= 4 is 21.6 Å². The van der Waals surface area contributed by atoms with Gasteiger partial charge in [0, 0.05) is 45.0 Å². The lowest BCUT2D eigenvalue weighted by molar-refractivity contribution is -0.119. The first-order valence-electron chi connectivity index (χ1n) is 9.63. The smallest absolute Gasteiger partial charge is 0.246 e. The lowest BCUT2D eigenvalue weighted by Gasteiger charge is -2.34. The van der Waals surface area contributed by atoms with Gasteiger partial charge in [-0.25, -0.2) is 8.42 Å². The quantitative estimate of drug-likeness (QED) is 0.661. The average molecular weight is 434 g/mol. The summed E-state index contributed by atoms with van der Waals surface area (Å²) >= 11 is 0. The largest absolute Gasteiger partial charge is 0.497 e. The zero-order valence-electron chi connectivity index (χ0n) is 17.4. The third kappa shape index (κ3) is 4.75. The van der Waals surface area contributed by atoms with Crippen molar-refractivity contribution in [3.63, 3.8) is 0 Å². The van der Waals surface area contributed by atoms with Gasteiger partial charge in [-0.1, -0.05) is 18.2 Å². The highest BCUT2D eigenvalue weighted by molar-refractivity contribution is 7.89. The second-order valence-electron chi connectivity index (χ2n) is 6.99. The lowest BCUT2D eigenvalue weighted by atomic mass is 10.3. The summed E-state index contributed by atoms with van der Waals surface area (Å²) in [6.45, 7) is 1.78. The van der Waals surface area contributed by atoms with E-state index in [2.05, 4.69) is 0 Å². The molecule has 8 nitrogen and oxygen atoms in total. The van der Waals surface area contributed by atoms with Crippen molar-refractivity contribution in [3.8, 4) is 11.5 Å². The summed E-state index contributed by atoms with van der Waals surface area (Å²) in [5, 5.41) is 0. The maximum Gasteiger partial charge on any atom is 0.246 e. The van der Waals surface area contributed by atoms with Crippen LogP contribution in [0.2, 0.25) is 0 Å². The highest BCUT2D eigenvalue weighted by Gasteiger charge is 2.32. The van der Waals surface area contributed by atoms with Crippen LogP contribution in [-0.2, 0) is 14.8 Å². The van der Waals surface area contributed by atoms with Crippen LogP contribution in [0.3, 0.4) is 0 Å². The Balaban J connectivity index is 1.64. The Bertz CT molecular complexity index is 973. The minimum absolute atomic E-state index is 0.0352. The molecule has 1 saturated heterocycles. The van der Waals surface area contributed by atoms with Crippen molar-refractivity contribution in [2.45, 2.75) is 4.90 Å². The van der Waals surface area contributed by atoms with Crippen LogP contribution in [0.15, 0.2) is 53.4 Å². The van der Waals surface area contributed by atoms with E-state index in [-0.39, 0.29) is 23.1 Å².